The van der Waals surface area contributed by atoms with Crippen LogP contribution < -0.4 is 14.4 Å². The summed E-state index contributed by atoms with van der Waals surface area (Å²) in [5.41, 5.74) is 3.55. The fourth-order valence-electron chi connectivity index (χ4n) is 4.57. The molecule has 34 heavy (non-hydrogen) atoms. The van der Waals surface area contributed by atoms with Gasteiger partial charge in [0.1, 0.15) is 5.82 Å². The van der Waals surface area contributed by atoms with Crippen LogP contribution in [0.3, 0.4) is 0 Å². The largest absolute Gasteiger partial charge is 0.493 e. The average Bonchev–Trinajstić information content (AvgIpc) is 3.35. The Kier molecular flexibility index (Phi) is 7.22. The van der Waals surface area contributed by atoms with Gasteiger partial charge in [-0.25, -0.2) is 4.98 Å². The van der Waals surface area contributed by atoms with E-state index in [-0.39, 0.29) is 12.0 Å². The number of anilines is 1. The Bertz CT molecular complexity index is 1170. The lowest BCUT2D eigenvalue weighted by atomic mass is 10.1. The molecule has 1 aliphatic rings. The fourth-order valence-corrected chi connectivity index (χ4v) is 4.57. The van der Waals surface area contributed by atoms with Crippen LogP contribution in [0, 0.1) is 6.92 Å². The molecule has 7 nitrogen and oxygen atoms in total. The molecular formula is C27H33N3O4. The zero-order chi connectivity index (χ0) is 24.2. The molecule has 0 N–H and O–H groups in total. The minimum absolute atomic E-state index is 0.0130. The van der Waals surface area contributed by atoms with E-state index in [1.165, 1.54) is 0 Å². The van der Waals surface area contributed by atoms with Gasteiger partial charge >= 0.3 is 0 Å². The summed E-state index contributed by atoms with van der Waals surface area (Å²) in [6.45, 7) is 3.70. The first-order chi connectivity index (χ1) is 16.4. The normalized spacial score (nSPS) is 15.4. The highest BCUT2D eigenvalue weighted by atomic mass is 16.5. The van der Waals surface area contributed by atoms with E-state index in [2.05, 4.69) is 25.1 Å². The number of amides is 1. The summed E-state index contributed by atoms with van der Waals surface area (Å²) in [6.07, 6.45) is 1.96. The Morgan fingerprint density at radius 1 is 1.15 bits per heavy atom. The van der Waals surface area contributed by atoms with E-state index in [4.69, 9.17) is 19.2 Å². The molecule has 2 heterocycles. The van der Waals surface area contributed by atoms with Gasteiger partial charge in [-0.05, 0) is 43.5 Å². The number of hydrogen-bond acceptors (Lipinski definition) is 6. The molecule has 2 aromatic carbocycles. The first kappa shape index (κ1) is 23.8. The zero-order valence-electron chi connectivity index (χ0n) is 20.6. The molecule has 0 bridgehead atoms. The highest BCUT2D eigenvalue weighted by Gasteiger charge is 2.28. The Labute approximate surface area is 201 Å². The number of fused-ring (bicyclic) bond motifs is 1. The van der Waals surface area contributed by atoms with Gasteiger partial charge in [-0.1, -0.05) is 24.3 Å². The van der Waals surface area contributed by atoms with Gasteiger partial charge in [0, 0.05) is 44.7 Å². The van der Waals surface area contributed by atoms with Gasteiger partial charge in [0.2, 0.25) is 0 Å². The van der Waals surface area contributed by atoms with Crippen molar-refractivity contribution in [1.82, 2.24) is 9.88 Å². The third-order valence-corrected chi connectivity index (χ3v) is 6.26. The second-order valence-electron chi connectivity index (χ2n) is 8.87. The topological polar surface area (TPSA) is 64.1 Å². The SMILES string of the molecule is COc1cccc(C(=O)N(Cc2cc3cccc(C)c3nc2N(C)C)C[C@@H]2CCCO2)c1OC. The van der Waals surface area contributed by atoms with E-state index in [1.54, 1.807) is 26.4 Å². The molecule has 1 atom stereocenters. The van der Waals surface area contributed by atoms with Crippen LogP contribution in [-0.2, 0) is 11.3 Å². The molecule has 0 saturated carbocycles. The maximum absolute atomic E-state index is 13.9. The molecule has 1 aromatic heterocycles. The molecule has 4 rings (SSSR count). The van der Waals surface area contributed by atoms with Crippen LogP contribution in [0.5, 0.6) is 11.5 Å². The van der Waals surface area contributed by atoms with Crippen molar-refractivity contribution in [3.63, 3.8) is 0 Å². The third-order valence-electron chi connectivity index (χ3n) is 6.26. The first-order valence-electron chi connectivity index (χ1n) is 11.6. The van der Waals surface area contributed by atoms with Crippen molar-refractivity contribution in [2.45, 2.75) is 32.4 Å². The van der Waals surface area contributed by atoms with Crippen molar-refractivity contribution in [2.24, 2.45) is 0 Å². The van der Waals surface area contributed by atoms with Gasteiger partial charge in [0.15, 0.2) is 11.5 Å². The second-order valence-corrected chi connectivity index (χ2v) is 8.87. The lowest BCUT2D eigenvalue weighted by molar-refractivity contribution is 0.0504. The summed E-state index contributed by atoms with van der Waals surface area (Å²) in [6, 6.07) is 13.7. The highest BCUT2D eigenvalue weighted by Crippen LogP contribution is 2.33. The lowest BCUT2D eigenvalue weighted by Crippen LogP contribution is -2.37. The van der Waals surface area contributed by atoms with Crippen LogP contribution in [0.2, 0.25) is 0 Å². The minimum Gasteiger partial charge on any atom is -0.493 e. The van der Waals surface area contributed by atoms with E-state index in [0.717, 1.165) is 47.3 Å². The van der Waals surface area contributed by atoms with Gasteiger partial charge in [-0.3, -0.25) is 4.79 Å². The Hall–Kier alpha value is -3.32. The summed E-state index contributed by atoms with van der Waals surface area (Å²) >= 11 is 0. The van der Waals surface area contributed by atoms with Gasteiger partial charge in [-0.15, -0.1) is 0 Å². The molecule has 180 valence electrons. The molecule has 0 spiro atoms. The van der Waals surface area contributed by atoms with Crippen molar-refractivity contribution in [1.29, 1.82) is 0 Å². The fraction of sp³-hybridized carbons (Fsp3) is 0.407. The molecule has 0 aliphatic carbocycles. The van der Waals surface area contributed by atoms with Crippen molar-refractivity contribution in [3.05, 3.63) is 59.2 Å². The first-order valence-corrected chi connectivity index (χ1v) is 11.6. The van der Waals surface area contributed by atoms with E-state index < -0.39 is 0 Å². The number of pyridine rings is 1. The van der Waals surface area contributed by atoms with Crippen molar-refractivity contribution in [3.8, 4) is 11.5 Å². The number of methoxy groups -OCH3 is 2. The smallest absolute Gasteiger partial charge is 0.258 e. The monoisotopic (exact) mass is 463 g/mol. The maximum atomic E-state index is 13.9. The van der Waals surface area contributed by atoms with E-state index >= 15 is 0 Å². The predicted molar refractivity (Wildman–Crippen MR) is 134 cm³/mol. The van der Waals surface area contributed by atoms with Crippen molar-refractivity contribution >= 4 is 22.6 Å². The summed E-state index contributed by atoms with van der Waals surface area (Å²) < 4.78 is 16.9. The van der Waals surface area contributed by atoms with Gasteiger partial charge in [0.25, 0.3) is 5.91 Å². The number of aromatic nitrogens is 1. The second kappa shape index (κ2) is 10.3. The Morgan fingerprint density at radius 3 is 2.62 bits per heavy atom. The van der Waals surface area contributed by atoms with Crippen LogP contribution >= 0.6 is 0 Å². The number of rotatable bonds is 8. The van der Waals surface area contributed by atoms with E-state index in [0.29, 0.717) is 30.2 Å². The number of carbonyl (C=O) groups is 1. The number of aryl methyl sites for hydroxylation is 1. The third kappa shape index (κ3) is 4.80. The number of ether oxygens (including phenoxy) is 3. The van der Waals surface area contributed by atoms with Crippen LogP contribution in [0.1, 0.15) is 34.3 Å². The predicted octanol–water partition coefficient (Wildman–Crippen LogP) is 4.45. The number of para-hydroxylation sites is 2. The number of hydrogen-bond donors (Lipinski definition) is 0. The van der Waals surface area contributed by atoms with Gasteiger partial charge in [-0.2, -0.15) is 0 Å². The molecule has 0 unspecified atom stereocenters. The Morgan fingerprint density at radius 2 is 1.94 bits per heavy atom. The van der Waals surface area contributed by atoms with Crippen molar-refractivity contribution < 1.29 is 19.0 Å². The van der Waals surface area contributed by atoms with Crippen LogP contribution in [0.4, 0.5) is 5.82 Å². The zero-order valence-corrected chi connectivity index (χ0v) is 20.6. The summed E-state index contributed by atoms with van der Waals surface area (Å²) in [4.78, 5) is 22.7. The number of nitrogens with zero attached hydrogens (tertiary/aromatic N) is 3. The average molecular weight is 464 g/mol. The summed E-state index contributed by atoms with van der Waals surface area (Å²) in [5.74, 6) is 1.69. The molecular weight excluding hydrogens is 430 g/mol. The molecule has 7 heteroatoms. The molecule has 0 radical (unpaired) electrons. The standard InChI is InChI=1S/C27H33N3O4/c1-18-9-6-10-19-15-20(26(29(2)3)28-24(18)19)16-30(17-21-11-8-14-34-21)27(31)22-12-7-13-23(32-4)25(22)33-5/h6-7,9-10,12-13,15,21H,8,11,14,16-17H2,1-5H3/t21-/m0/s1. The van der Waals surface area contributed by atoms with Gasteiger partial charge < -0.3 is 24.0 Å². The van der Waals surface area contributed by atoms with Gasteiger partial charge in [0.05, 0.1) is 31.4 Å². The Balaban J connectivity index is 1.76. The van der Waals surface area contributed by atoms with Crippen LogP contribution in [0.25, 0.3) is 10.9 Å². The van der Waals surface area contributed by atoms with E-state index in [9.17, 15) is 4.79 Å². The number of carbonyl (C=O) groups excluding carboxylic acids is 1. The quantitative estimate of drug-likeness (QED) is 0.492. The summed E-state index contributed by atoms with van der Waals surface area (Å²) in [5, 5.41) is 1.06. The highest BCUT2D eigenvalue weighted by molar-refractivity contribution is 5.98. The molecule has 1 amide bonds. The molecule has 3 aromatic rings. The molecule has 1 saturated heterocycles. The maximum Gasteiger partial charge on any atom is 0.258 e. The minimum atomic E-state index is -0.125. The molecule has 1 aliphatic heterocycles. The van der Waals surface area contributed by atoms with E-state index in [1.807, 2.05) is 36.0 Å². The number of benzene rings is 2. The van der Waals surface area contributed by atoms with Crippen LogP contribution in [0.15, 0.2) is 42.5 Å². The summed E-state index contributed by atoms with van der Waals surface area (Å²) in [7, 11) is 7.08. The molecule has 1 fully saturated rings. The van der Waals surface area contributed by atoms with Crippen molar-refractivity contribution in [2.75, 3.05) is 46.4 Å². The lowest BCUT2D eigenvalue weighted by Gasteiger charge is -2.28. The van der Waals surface area contributed by atoms with Crippen LogP contribution in [-0.4, -0.2) is 63.4 Å².